The Morgan fingerprint density at radius 2 is 1.83 bits per heavy atom. The van der Waals surface area contributed by atoms with Crippen LogP contribution in [0.15, 0.2) is 41.2 Å². The number of aromatic nitrogens is 4. The van der Waals surface area contributed by atoms with Crippen molar-refractivity contribution in [3.63, 3.8) is 0 Å². The lowest BCUT2D eigenvalue weighted by atomic mass is 10.2. The van der Waals surface area contributed by atoms with Gasteiger partial charge in [-0.1, -0.05) is 0 Å². The van der Waals surface area contributed by atoms with Crippen LogP contribution in [0, 0.1) is 19.7 Å². The molecule has 0 radical (unpaired) electrons. The first kappa shape index (κ1) is 20.2. The molecule has 0 atom stereocenters. The highest BCUT2D eigenvalue weighted by atomic mass is 19.4. The molecule has 0 unspecified atom stereocenters. The monoisotopic (exact) mass is 409 g/mol. The molecule has 1 N–H and O–H groups in total. The predicted molar refractivity (Wildman–Crippen MR) is 95.1 cm³/mol. The first-order chi connectivity index (χ1) is 13.5. The van der Waals surface area contributed by atoms with E-state index in [0.29, 0.717) is 18.0 Å². The minimum Gasteiger partial charge on any atom is -0.324 e. The van der Waals surface area contributed by atoms with Crippen molar-refractivity contribution in [1.82, 2.24) is 19.6 Å². The summed E-state index contributed by atoms with van der Waals surface area (Å²) in [5, 5.41) is 10.5. The first-order valence-corrected chi connectivity index (χ1v) is 8.33. The van der Waals surface area contributed by atoms with Crippen LogP contribution in [0.2, 0.25) is 0 Å². The van der Waals surface area contributed by atoms with E-state index >= 15 is 0 Å². The van der Waals surface area contributed by atoms with Gasteiger partial charge in [-0.25, -0.2) is 13.8 Å². The van der Waals surface area contributed by atoms with Gasteiger partial charge in [0.2, 0.25) is 5.91 Å². The Balaban J connectivity index is 1.82. The van der Waals surface area contributed by atoms with Crippen LogP contribution in [0.5, 0.6) is 0 Å². The summed E-state index contributed by atoms with van der Waals surface area (Å²) in [6.45, 7) is 3.02. The minimum absolute atomic E-state index is 0.258. The number of aryl methyl sites for hydroxylation is 2. The van der Waals surface area contributed by atoms with Crippen LogP contribution in [0.3, 0.4) is 0 Å². The highest BCUT2D eigenvalue weighted by Gasteiger charge is 2.34. The van der Waals surface area contributed by atoms with Gasteiger partial charge in [0.1, 0.15) is 12.4 Å². The van der Waals surface area contributed by atoms with Crippen LogP contribution >= 0.6 is 0 Å². The normalized spacial score (nSPS) is 11.5. The van der Waals surface area contributed by atoms with Gasteiger partial charge in [-0.15, -0.1) is 5.10 Å². The highest BCUT2D eigenvalue weighted by molar-refractivity contribution is 5.90. The first-order valence-electron chi connectivity index (χ1n) is 8.33. The summed E-state index contributed by atoms with van der Waals surface area (Å²) >= 11 is 0. The Bertz CT molecular complexity index is 1130. The number of amides is 1. The standard InChI is InChI=1S/C18H15F4N5O2/c1-10-7-11(2)27(24-10)15-5-6-17(29)26(25-15)9-16(28)23-12-3-4-14(19)13(8-12)18(20,21)22/h3-8H,9H2,1-2H3,(H,23,28). The molecule has 3 rings (SSSR count). The van der Waals surface area contributed by atoms with E-state index in [1.165, 1.54) is 16.8 Å². The summed E-state index contributed by atoms with van der Waals surface area (Å²) in [5.74, 6) is -1.96. The number of hydrogen-bond acceptors (Lipinski definition) is 4. The zero-order valence-electron chi connectivity index (χ0n) is 15.3. The van der Waals surface area contributed by atoms with Gasteiger partial charge in [0.15, 0.2) is 5.82 Å². The van der Waals surface area contributed by atoms with E-state index in [0.717, 1.165) is 22.1 Å². The molecule has 2 aromatic heterocycles. The second kappa shape index (κ2) is 7.49. The number of benzene rings is 1. The average molecular weight is 409 g/mol. The molecular weight excluding hydrogens is 394 g/mol. The molecule has 0 fully saturated rings. The molecule has 0 bridgehead atoms. The number of anilines is 1. The van der Waals surface area contributed by atoms with Gasteiger partial charge in [0.25, 0.3) is 5.56 Å². The number of carbonyl (C=O) groups is 1. The molecule has 29 heavy (non-hydrogen) atoms. The molecule has 0 spiro atoms. The number of carbonyl (C=O) groups excluding carboxylic acids is 1. The fourth-order valence-electron chi connectivity index (χ4n) is 2.68. The zero-order chi connectivity index (χ0) is 21.3. The fourth-order valence-corrected chi connectivity index (χ4v) is 2.68. The maximum absolute atomic E-state index is 13.3. The van der Waals surface area contributed by atoms with Crippen molar-refractivity contribution in [2.75, 3.05) is 5.32 Å². The Morgan fingerprint density at radius 3 is 2.45 bits per heavy atom. The van der Waals surface area contributed by atoms with Gasteiger partial charge in [-0.2, -0.15) is 18.3 Å². The number of alkyl halides is 3. The van der Waals surface area contributed by atoms with Crippen LogP contribution in [-0.4, -0.2) is 25.5 Å². The van der Waals surface area contributed by atoms with Crippen LogP contribution in [0.4, 0.5) is 23.2 Å². The minimum atomic E-state index is -4.91. The van der Waals surface area contributed by atoms with E-state index in [1.807, 2.05) is 0 Å². The van der Waals surface area contributed by atoms with Gasteiger partial charge in [-0.3, -0.25) is 9.59 Å². The molecule has 11 heteroatoms. The van der Waals surface area contributed by atoms with Crippen molar-refractivity contribution < 1.29 is 22.4 Å². The number of nitrogens with one attached hydrogen (secondary N) is 1. The molecule has 1 amide bonds. The maximum Gasteiger partial charge on any atom is 0.419 e. The van der Waals surface area contributed by atoms with Crippen LogP contribution < -0.4 is 10.9 Å². The summed E-state index contributed by atoms with van der Waals surface area (Å²) in [4.78, 5) is 24.2. The van der Waals surface area contributed by atoms with E-state index in [9.17, 15) is 27.2 Å². The predicted octanol–water partition coefficient (Wildman–Crippen LogP) is 2.84. The number of halogens is 4. The Hall–Kier alpha value is -3.50. The van der Waals surface area contributed by atoms with Gasteiger partial charge in [-0.05, 0) is 44.2 Å². The third-order valence-corrected chi connectivity index (χ3v) is 3.93. The molecule has 2 heterocycles. The van der Waals surface area contributed by atoms with Crippen molar-refractivity contribution >= 4 is 11.6 Å². The SMILES string of the molecule is Cc1cc(C)n(-c2ccc(=O)n(CC(=O)Nc3ccc(F)c(C(F)(F)F)c3)n2)n1. The second-order valence-corrected chi connectivity index (χ2v) is 6.27. The molecule has 0 saturated heterocycles. The zero-order valence-corrected chi connectivity index (χ0v) is 15.3. The maximum atomic E-state index is 13.3. The molecule has 0 aliphatic heterocycles. The fraction of sp³-hybridized carbons (Fsp3) is 0.222. The molecule has 0 aliphatic carbocycles. The summed E-state index contributed by atoms with van der Waals surface area (Å²) in [6.07, 6.45) is -4.91. The molecule has 0 aliphatic rings. The van der Waals surface area contributed by atoms with Crippen molar-refractivity contribution in [1.29, 1.82) is 0 Å². The van der Waals surface area contributed by atoms with Gasteiger partial charge >= 0.3 is 6.18 Å². The third-order valence-electron chi connectivity index (χ3n) is 3.93. The second-order valence-electron chi connectivity index (χ2n) is 6.27. The Labute approximate surface area is 161 Å². The van der Waals surface area contributed by atoms with Gasteiger partial charge in [0, 0.05) is 17.4 Å². The summed E-state index contributed by atoms with van der Waals surface area (Å²) in [6, 6.07) is 6.51. The third kappa shape index (κ3) is 4.50. The molecule has 0 saturated carbocycles. The lowest BCUT2D eigenvalue weighted by Crippen LogP contribution is -2.30. The summed E-state index contributed by atoms with van der Waals surface area (Å²) in [5.41, 5.74) is -0.851. The highest BCUT2D eigenvalue weighted by Crippen LogP contribution is 2.32. The lowest BCUT2D eigenvalue weighted by Gasteiger charge is -2.12. The van der Waals surface area contributed by atoms with Gasteiger partial charge < -0.3 is 5.32 Å². The average Bonchev–Trinajstić information content (AvgIpc) is 2.96. The summed E-state index contributed by atoms with van der Waals surface area (Å²) < 4.78 is 54.1. The quantitative estimate of drug-likeness (QED) is 0.672. The van der Waals surface area contributed by atoms with Crippen LogP contribution in [0.1, 0.15) is 17.0 Å². The van der Waals surface area contributed by atoms with Crippen molar-refractivity contribution in [3.05, 3.63) is 69.5 Å². The number of hydrogen-bond donors (Lipinski definition) is 1. The smallest absolute Gasteiger partial charge is 0.324 e. The Morgan fingerprint density at radius 1 is 1.10 bits per heavy atom. The van der Waals surface area contributed by atoms with Crippen molar-refractivity contribution in [3.8, 4) is 5.82 Å². The van der Waals surface area contributed by atoms with Crippen molar-refractivity contribution in [2.45, 2.75) is 26.6 Å². The lowest BCUT2D eigenvalue weighted by molar-refractivity contribution is -0.140. The van der Waals surface area contributed by atoms with Crippen LogP contribution in [-0.2, 0) is 17.5 Å². The molecule has 152 valence electrons. The van der Waals surface area contributed by atoms with E-state index in [-0.39, 0.29) is 5.69 Å². The largest absolute Gasteiger partial charge is 0.419 e. The molecule has 1 aromatic carbocycles. The molecular formula is C18H15F4N5O2. The number of nitrogens with zero attached hydrogens (tertiary/aromatic N) is 4. The molecule has 3 aromatic rings. The Kier molecular flexibility index (Phi) is 5.23. The summed E-state index contributed by atoms with van der Waals surface area (Å²) in [7, 11) is 0. The van der Waals surface area contributed by atoms with Crippen molar-refractivity contribution in [2.24, 2.45) is 0 Å². The molecule has 7 nitrogen and oxygen atoms in total. The van der Waals surface area contributed by atoms with E-state index in [2.05, 4.69) is 15.5 Å². The topological polar surface area (TPSA) is 81.8 Å². The van der Waals surface area contributed by atoms with E-state index in [4.69, 9.17) is 0 Å². The van der Waals surface area contributed by atoms with Crippen LogP contribution in [0.25, 0.3) is 5.82 Å². The van der Waals surface area contributed by atoms with E-state index < -0.39 is 35.6 Å². The number of rotatable bonds is 4. The van der Waals surface area contributed by atoms with E-state index in [1.54, 1.807) is 19.9 Å². The van der Waals surface area contributed by atoms with Gasteiger partial charge in [0.05, 0.1) is 11.3 Å².